The monoisotopic (exact) mass is 524 g/mol. The van der Waals surface area contributed by atoms with Crippen LogP contribution in [0.5, 0.6) is 0 Å². The first-order valence-electron chi connectivity index (χ1n) is 10.4. The number of thioether (sulfide) groups is 2. The SMILES string of the molecule is CC(=NNC(=O)CSc1nnc(SCc2ccccc2Cl)s1)c1ccc(-c2ccccc2)cc1. The van der Waals surface area contributed by atoms with E-state index in [0.717, 1.165) is 47.4 Å². The summed E-state index contributed by atoms with van der Waals surface area (Å²) in [5.41, 5.74) is 7.68. The summed E-state index contributed by atoms with van der Waals surface area (Å²) < 4.78 is 1.59. The molecular formula is C25H21ClN4OS3. The molecule has 1 aromatic heterocycles. The van der Waals surface area contributed by atoms with Gasteiger partial charge in [0.1, 0.15) is 0 Å². The summed E-state index contributed by atoms with van der Waals surface area (Å²) in [4.78, 5) is 12.2. The average Bonchev–Trinajstić information content (AvgIpc) is 3.34. The van der Waals surface area contributed by atoms with Crippen LogP contribution in [0.3, 0.4) is 0 Å². The molecule has 1 amide bonds. The van der Waals surface area contributed by atoms with Crippen LogP contribution in [0, 0.1) is 0 Å². The molecule has 4 aromatic rings. The van der Waals surface area contributed by atoms with Crippen LogP contribution in [0.15, 0.2) is 92.6 Å². The standard InChI is InChI=1S/C25H21ClN4OS3/c1-17(18-11-13-20(14-12-18)19-7-3-2-4-8-19)27-28-23(31)16-33-25-30-29-24(34-25)32-15-21-9-5-6-10-22(21)26/h2-14H,15-16H2,1H3,(H,28,31). The quantitative estimate of drug-likeness (QED) is 0.148. The summed E-state index contributed by atoms with van der Waals surface area (Å²) in [5, 5.41) is 13.3. The van der Waals surface area contributed by atoms with Gasteiger partial charge in [0.05, 0.1) is 11.5 Å². The lowest BCUT2D eigenvalue weighted by Crippen LogP contribution is -2.21. The molecule has 0 saturated carbocycles. The third kappa shape index (κ3) is 6.93. The number of amides is 1. The highest BCUT2D eigenvalue weighted by Gasteiger charge is 2.10. The van der Waals surface area contributed by atoms with Crippen molar-refractivity contribution in [2.75, 3.05) is 5.75 Å². The second-order valence-electron chi connectivity index (χ2n) is 7.18. The third-order valence-electron chi connectivity index (χ3n) is 4.78. The Labute approximate surface area is 216 Å². The molecule has 1 heterocycles. The number of carbonyl (C=O) groups excluding carboxylic acids is 1. The van der Waals surface area contributed by atoms with E-state index in [1.165, 1.54) is 23.1 Å². The number of rotatable bonds is 9. The smallest absolute Gasteiger partial charge is 0.250 e. The lowest BCUT2D eigenvalue weighted by atomic mass is 10.0. The lowest BCUT2D eigenvalue weighted by molar-refractivity contribution is -0.118. The summed E-state index contributed by atoms with van der Waals surface area (Å²) in [6.07, 6.45) is 0. The van der Waals surface area contributed by atoms with E-state index in [4.69, 9.17) is 11.6 Å². The van der Waals surface area contributed by atoms with Crippen LogP contribution in [-0.4, -0.2) is 27.6 Å². The van der Waals surface area contributed by atoms with Crippen molar-refractivity contribution in [2.24, 2.45) is 5.10 Å². The molecule has 0 aliphatic carbocycles. The maximum Gasteiger partial charge on any atom is 0.250 e. The molecule has 0 unspecified atom stereocenters. The Balaban J connectivity index is 1.24. The zero-order valence-electron chi connectivity index (χ0n) is 18.3. The number of aromatic nitrogens is 2. The minimum absolute atomic E-state index is 0.189. The third-order valence-corrected chi connectivity index (χ3v) is 8.39. The number of hydrogen-bond donors (Lipinski definition) is 1. The molecule has 0 saturated heterocycles. The molecule has 0 atom stereocenters. The highest BCUT2D eigenvalue weighted by atomic mass is 35.5. The van der Waals surface area contributed by atoms with Crippen molar-refractivity contribution in [1.82, 2.24) is 15.6 Å². The topological polar surface area (TPSA) is 67.2 Å². The first kappa shape index (κ1) is 24.5. The van der Waals surface area contributed by atoms with E-state index in [9.17, 15) is 4.79 Å². The fourth-order valence-electron chi connectivity index (χ4n) is 2.97. The van der Waals surface area contributed by atoms with Crippen LogP contribution < -0.4 is 5.43 Å². The highest BCUT2D eigenvalue weighted by molar-refractivity contribution is 8.03. The fraction of sp³-hybridized carbons (Fsp3) is 0.120. The Kier molecular flexibility index (Phi) is 8.76. The van der Waals surface area contributed by atoms with Crippen molar-refractivity contribution >= 4 is 58.1 Å². The molecule has 0 aliphatic rings. The maximum atomic E-state index is 12.2. The van der Waals surface area contributed by atoms with Crippen molar-refractivity contribution in [1.29, 1.82) is 0 Å². The van der Waals surface area contributed by atoms with Gasteiger partial charge in [0.25, 0.3) is 5.91 Å². The van der Waals surface area contributed by atoms with Gasteiger partial charge >= 0.3 is 0 Å². The number of carbonyl (C=O) groups is 1. The molecule has 0 fully saturated rings. The van der Waals surface area contributed by atoms with Crippen molar-refractivity contribution in [3.63, 3.8) is 0 Å². The van der Waals surface area contributed by atoms with Crippen LogP contribution >= 0.6 is 46.5 Å². The predicted molar refractivity (Wildman–Crippen MR) is 144 cm³/mol. The van der Waals surface area contributed by atoms with E-state index in [-0.39, 0.29) is 11.7 Å². The lowest BCUT2D eigenvalue weighted by Gasteiger charge is -2.05. The van der Waals surface area contributed by atoms with E-state index in [1.807, 2.05) is 61.5 Å². The summed E-state index contributed by atoms with van der Waals surface area (Å²) in [7, 11) is 0. The Morgan fingerprint density at radius 1 is 0.912 bits per heavy atom. The number of hydrogen-bond acceptors (Lipinski definition) is 7. The molecule has 1 N–H and O–H groups in total. The van der Waals surface area contributed by atoms with Crippen LogP contribution in [0.1, 0.15) is 18.1 Å². The molecule has 0 radical (unpaired) electrons. The molecule has 0 spiro atoms. The van der Waals surface area contributed by atoms with E-state index < -0.39 is 0 Å². The number of nitrogens with zero attached hydrogens (tertiary/aromatic N) is 3. The molecule has 5 nitrogen and oxygen atoms in total. The summed E-state index contributed by atoms with van der Waals surface area (Å²) in [6, 6.07) is 26.1. The maximum absolute atomic E-state index is 12.2. The molecular weight excluding hydrogens is 504 g/mol. The Hall–Kier alpha value is -2.65. The molecule has 0 bridgehead atoms. The van der Waals surface area contributed by atoms with E-state index >= 15 is 0 Å². The average molecular weight is 525 g/mol. The summed E-state index contributed by atoms with van der Waals surface area (Å²) in [6.45, 7) is 1.87. The second kappa shape index (κ2) is 12.2. The molecule has 3 aromatic carbocycles. The summed E-state index contributed by atoms with van der Waals surface area (Å²) >= 11 is 10.6. The second-order valence-corrected chi connectivity index (χ2v) is 11.0. The first-order chi connectivity index (χ1) is 16.6. The fourth-order valence-corrected chi connectivity index (χ4v) is 6.07. The normalized spacial score (nSPS) is 11.4. The molecule has 4 rings (SSSR count). The van der Waals surface area contributed by atoms with Crippen molar-refractivity contribution in [3.05, 3.63) is 95.0 Å². The van der Waals surface area contributed by atoms with E-state index in [1.54, 1.807) is 11.8 Å². The zero-order chi connectivity index (χ0) is 23.8. The van der Waals surface area contributed by atoms with Gasteiger partial charge in [0, 0.05) is 10.8 Å². The van der Waals surface area contributed by atoms with Gasteiger partial charge < -0.3 is 0 Å². The molecule has 0 aliphatic heterocycles. The first-order valence-corrected chi connectivity index (χ1v) is 13.6. The zero-order valence-corrected chi connectivity index (χ0v) is 21.5. The minimum Gasteiger partial charge on any atom is -0.272 e. The van der Waals surface area contributed by atoms with Gasteiger partial charge in [-0.1, -0.05) is 119 Å². The van der Waals surface area contributed by atoms with Crippen molar-refractivity contribution in [3.8, 4) is 11.1 Å². The number of hydrazone groups is 1. The van der Waals surface area contributed by atoms with Gasteiger partial charge in [-0.05, 0) is 35.2 Å². The molecule has 9 heteroatoms. The molecule has 34 heavy (non-hydrogen) atoms. The van der Waals surface area contributed by atoms with Gasteiger partial charge in [-0.2, -0.15) is 5.10 Å². The van der Waals surface area contributed by atoms with E-state index in [2.05, 4.69) is 45.0 Å². The predicted octanol–water partition coefficient (Wildman–Crippen LogP) is 6.78. The van der Waals surface area contributed by atoms with Crippen LogP contribution in [0.25, 0.3) is 11.1 Å². The van der Waals surface area contributed by atoms with Crippen molar-refractivity contribution < 1.29 is 4.79 Å². The van der Waals surface area contributed by atoms with Gasteiger partial charge in [-0.25, -0.2) is 5.43 Å². The van der Waals surface area contributed by atoms with Crippen LogP contribution in [0.4, 0.5) is 0 Å². The minimum atomic E-state index is -0.189. The number of benzene rings is 3. The Bertz CT molecular complexity index is 1280. The highest BCUT2D eigenvalue weighted by Crippen LogP contribution is 2.32. The van der Waals surface area contributed by atoms with Gasteiger partial charge in [0.15, 0.2) is 8.68 Å². The van der Waals surface area contributed by atoms with Crippen LogP contribution in [0.2, 0.25) is 5.02 Å². The summed E-state index contributed by atoms with van der Waals surface area (Å²) in [5.74, 6) is 0.749. The van der Waals surface area contributed by atoms with Gasteiger partial charge in [-0.3, -0.25) is 4.79 Å². The van der Waals surface area contributed by atoms with Crippen molar-refractivity contribution in [2.45, 2.75) is 21.4 Å². The van der Waals surface area contributed by atoms with Gasteiger partial charge in [-0.15, -0.1) is 10.2 Å². The number of halogens is 1. The van der Waals surface area contributed by atoms with E-state index in [0.29, 0.717) is 0 Å². The molecule has 172 valence electrons. The largest absolute Gasteiger partial charge is 0.272 e. The Morgan fingerprint density at radius 3 is 2.29 bits per heavy atom. The van der Waals surface area contributed by atoms with Gasteiger partial charge in [0.2, 0.25) is 0 Å². The Morgan fingerprint density at radius 2 is 1.56 bits per heavy atom. The van der Waals surface area contributed by atoms with Crippen LogP contribution in [-0.2, 0) is 10.5 Å². The number of nitrogens with one attached hydrogen (secondary N) is 1.